The van der Waals surface area contributed by atoms with E-state index in [1.165, 1.54) is 35.6 Å². The average Bonchev–Trinajstić information content (AvgIpc) is 2.96. The fraction of sp³-hybridized carbons (Fsp3) is 0.462. The Labute approximate surface area is 114 Å². The van der Waals surface area contributed by atoms with Gasteiger partial charge >= 0.3 is 5.97 Å². The lowest BCUT2D eigenvalue weighted by atomic mass is 10.0. The first kappa shape index (κ1) is 12.3. The predicted octanol–water partition coefficient (Wildman–Crippen LogP) is 2.27. The Hall–Kier alpha value is -1.69. The Morgan fingerprint density at radius 3 is 2.95 bits per heavy atom. The van der Waals surface area contributed by atoms with Crippen molar-refractivity contribution in [2.45, 2.75) is 39.2 Å². The van der Waals surface area contributed by atoms with E-state index in [9.17, 15) is 4.79 Å². The lowest BCUT2D eigenvalue weighted by molar-refractivity contribution is 0.0696. The summed E-state index contributed by atoms with van der Waals surface area (Å²) in [7, 11) is 0. The van der Waals surface area contributed by atoms with Crippen LogP contribution in [-0.4, -0.2) is 25.6 Å². The number of fused-ring (bicyclic) bond motifs is 1. The number of aromatic carboxylic acids is 1. The lowest BCUT2D eigenvalue weighted by Crippen LogP contribution is -2.10. The number of imidazole rings is 1. The van der Waals surface area contributed by atoms with Gasteiger partial charge in [0.1, 0.15) is 5.82 Å². The molecule has 2 aromatic heterocycles. The number of carboxylic acids is 1. The zero-order valence-corrected chi connectivity index (χ0v) is 11.5. The van der Waals surface area contributed by atoms with Crippen LogP contribution in [0.2, 0.25) is 0 Å². The molecule has 1 N–H and O–H groups in total. The highest BCUT2D eigenvalue weighted by Gasteiger charge is 2.19. The highest BCUT2D eigenvalue weighted by molar-refractivity contribution is 7.11. The van der Waals surface area contributed by atoms with E-state index < -0.39 is 5.97 Å². The van der Waals surface area contributed by atoms with Gasteiger partial charge in [-0.25, -0.2) is 14.8 Å². The van der Waals surface area contributed by atoms with Crippen molar-refractivity contribution in [1.82, 2.24) is 14.5 Å². The third kappa shape index (κ3) is 2.28. The van der Waals surface area contributed by atoms with Gasteiger partial charge in [-0.05, 0) is 32.6 Å². The number of hydrogen-bond acceptors (Lipinski definition) is 4. The van der Waals surface area contributed by atoms with Gasteiger partial charge in [0.05, 0.1) is 17.9 Å². The van der Waals surface area contributed by atoms with Crippen molar-refractivity contribution in [2.24, 2.45) is 0 Å². The minimum Gasteiger partial charge on any atom is -0.476 e. The molecule has 0 atom stereocenters. The standard InChI is InChI=1S/C13H15N3O2S/c1-8-14-10-4-2-3-5-11(10)16(8)6-9-7-19-12(15-9)13(17)18/h7H,2-6H2,1H3,(H,17,18). The number of nitrogens with zero attached hydrogens (tertiary/aromatic N) is 3. The topological polar surface area (TPSA) is 68.0 Å². The maximum Gasteiger partial charge on any atom is 0.365 e. The molecule has 0 aliphatic heterocycles. The quantitative estimate of drug-likeness (QED) is 0.934. The minimum absolute atomic E-state index is 0.154. The second-order valence-electron chi connectivity index (χ2n) is 4.79. The first-order valence-electron chi connectivity index (χ1n) is 6.37. The molecular formula is C13H15N3O2S. The van der Waals surface area contributed by atoms with Gasteiger partial charge in [-0.1, -0.05) is 0 Å². The maximum atomic E-state index is 10.8. The Balaban J connectivity index is 1.90. The van der Waals surface area contributed by atoms with E-state index in [0.29, 0.717) is 6.54 Å². The van der Waals surface area contributed by atoms with Crippen LogP contribution < -0.4 is 0 Å². The van der Waals surface area contributed by atoms with Crippen molar-refractivity contribution in [1.29, 1.82) is 0 Å². The van der Waals surface area contributed by atoms with Crippen LogP contribution in [0, 0.1) is 6.92 Å². The first-order chi connectivity index (χ1) is 9.15. The Kier molecular flexibility index (Phi) is 3.10. The number of aryl methyl sites for hydroxylation is 2. The fourth-order valence-electron chi connectivity index (χ4n) is 2.59. The van der Waals surface area contributed by atoms with E-state index in [0.717, 1.165) is 24.4 Å². The average molecular weight is 277 g/mol. The zero-order chi connectivity index (χ0) is 13.4. The third-order valence-electron chi connectivity index (χ3n) is 3.48. The number of hydrogen-bond donors (Lipinski definition) is 1. The van der Waals surface area contributed by atoms with Crippen LogP contribution in [0.1, 0.15) is 45.5 Å². The van der Waals surface area contributed by atoms with E-state index in [4.69, 9.17) is 5.11 Å². The highest BCUT2D eigenvalue weighted by atomic mass is 32.1. The van der Waals surface area contributed by atoms with Crippen molar-refractivity contribution in [2.75, 3.05) is 0 Å². The van der Waals surface area contributed by atoms with Crippen molar-refractivity contribution >= 4 is 17.3 Å². The molecule has 19 heavy (non-hydrogen) atoms. The molecule has 0 radical (unpaired) electrons. The van der Waals surface area contributed by atoms with Crippen LogP contribution in [0.5, 0.6) is 0 Å². The summed E-state index contributed by atoms with van der Waals surface area (Å²) in [6.07, 6.45) is 4.53. The Bertz CT molecular complexity index is 630. The molecule has 0 bridgehead atoms. The molecule has 6 heteroatoms. The van der Waals surface area contributed by atoms with Crippen LogP contribution in [0.4, 0.5) is 0 Å². The first-order valence-corrected chi connectivity index (χ1v) is 7.25. The highest BCUT2D eigenvalue weighted by Crippen LogP contribution is 2.23. The Morgan fingerprint density at radius 2 is 2.21 bits per heavy atom. The second kappa shape index (κ2) is 4.77. The van der Waals surface area contributed by atoms with Gasteiger partial charge in [-0.2, -0.15) is 0 Å². The monoisotopic (exact) mass is 277 g/mol. The zero-order valence-electron chi connectivity index (χ0n) is 10.7. The van der Waals surface area contributed by atoms with Crippen molar-refractivity contribution in [3.8, 4) is 0 Å². The van der Waals surface area contributed by atoms with Crippen molar-refractivity contribution < 1.29 is 9.90 Å². The van der Waals surface area contributed by atoms with Gasteiger partial charge in [0.15, 0.2) is 0 Å². The second-order valence-corrected chi connectivity index (χ2v) is 5.65. The molecule has 2 aromatic rings. The number of carboxylic acid groups (broad SMARTS) is 1. The van der Waals surface area contributed by atoms with Gasteiger partial charge in [-0.3, -0.25) is 0 Å². The van der Waals surface area contributed by atoms with Gasteiger partial charge in [0, 0.05) is 11.1 Å². The van der Waals surface area contributed by atoms with E-state index in [2.05, 4.69) is 14.5 Å². The van der Waals surface area contributed by atoms with Crippen LogP contribution in [0.25, 0.3) is 0 Å². The summed E-state index contributed by atoms with van der Waals surface area (Å²) in [6, 6.07) is 0. The van der Waals surface area contributed by atoms with Crippen LogP contribution in [0.15, 0.2) is 5.38 Å². The molecule has 0 aromatic carbocycles. The predicted molar refractivity (Wildman–Crippen MR) is 71.8 cm³/mol. The summed E-state index contributed by atoms with van der Waals surface area (Å²) < 4.78 is 2.18. The minimum atomic E-state index is -0.958. The molecule has 0 unspecified atom stereocenters. The van der Waals surface area contributed by atoms with Gasteiger partial charge in [0.25, 0.3) is 0 Å². The number of aromatic nitrogens is 3. The lowest BCUT2D eigenvalue weighted by Gasteiger charge is -2.13. The molecule has 1 aliphatic rings. The molecular weight excluding hydrogens is 262 g/mol. The molecule has 1 aliphatic carbocycles. The van der Waals surface area contributed by atoms with Crippen molar-refractivity contribution in [3.63, 3.8) is 0 Å². The van der Waals surface area contributed by atoms with Gasteiger partial charge in [-0.15, -0.1) is 11.3 Å². The smallest absolute Gasteiger partial charge is 0.365 e. The summed E-state index contributed by atoms with van der Waals surface area (Å²) in [6.45, 7) is 2.63. The molecule has 0 fully saturated rings. The van der Waals surface area contributed by atoms with E-state index >= 15 is 0 Å². The summed E-state index contributed by atoms with van der Waals surface area (Å²) in [5.74, 6) is 0.0393. The molecule has 0 saturated heterocycles. The van der Waals surface area contributed by atoms with Gasteiger partial charge in [0.2, 0.25) is 5.01 Å². The van der Waals surface area contributed by atoms with Crippen LogP contribution in [0.3, 0.4) is 0 Å². The molecule has 0 saturated carbocycles. The van der Waals surface area contributed by atoms with Crippen LogP contribution >= 0.6 is 11.3 Å². The van der Waals surface area contributed by atoms with Crippen LogP contribution in [-0.2, 0) is 19.4 Å². The summed E-state index contributed by atoms with van der Waals surface area (Å²) >= 11 is 1.18. The van der Waals surface area contributed by atoms with E-state index in [1.54, 1.807) is 0 Å². The number of thiazole rings is 1. The summed E-state index contributed by atoms with van der Waals surface area (Å²) in [5, 5.41) is 10.9. The number of carbonyl (C=O) groups is 1. The summed E-state index contributed by atoms with van der Waals surface area (Å²) in [5.41, 5.74) is 3.31. The van der Waals surface area contributed by atoms with E-state index in [1.807, 2.05) is 12.3 Å². The fourth-order valence-corrected chi connectivity index (χ4v) is 3.23. The maximum absolute atomic E-state index is 10.8. The van der Waals surface area contributed by atoms with E-state index in [-0.39, 0.29) is 5.01 Å². The normalized spacial score (nSPS) is 14.4. The SMILES string of the molecule is Cc1nc2c(n1Cc1csc(C(=O)O)n1)CCCC2. The number of rotatable bonds is 3. The molecule has 0 spiro atoms. The largest absolute Gasteiger partial charge is 0.476 e. The third-order valence-corrected chi connectivity index (χ3v) is 4.36. The summed E-state index contributed by atoms with van der Waals surface area (Å²) in [4.78, 5) is 19.6. The van der Waals surface area contributed by atoms with Crippen molar-refractivity contribution in [3.05, 3.63) is 33.3 Å². The Morgan fingerprint density at radius 1 is 1.42 bits per heavy atom. The molecule has 3 rings (SSSR count). The molecule has 5 nitrogen and oxygen atoms in total. The van der Waals surface area contributed by atoms with Gasteiger partial charge < -0.3 is 9.67 Å². The molecule has 100 valence electrons. The molecule has 2 heterocycles. The molecule has 0 amide bonds.